The van der Waals surface area contributed by atoms with Gasteiger partial charge in [-0.15, -0.1) is 0 Å². The molecule has 0 atom stereocenters. The van der Waals surface area contributed by atoms with Crippen LogP contribution in [0.3, 0.4) is 0 Å². The quantitative estimate of drug-likeness (QED) is 0.250. The smallest absolute Gasteiger partial charge is 0.191 e. The molecule has 31 heavy (non-hydrogen) atoms. The molecule has 7 nitrogen and oxygen atoms in total. The predicted octanol–water partition coefficient (Wildman–Crippen LogP) is 3.55. The molecule has 1 aromatic heterocycles. The zero-order chi connectivity index (χ0) is 21.9. The van der Waals surface area contributed by atoms with Crippen LogP contribution >= 0.6 is 0 Å². The molecule has 3 N–H and O–H groups in total. The number of aromatic nitrogens is 2. The van der Waals surface area contributed by atoms with E-state index in [4.69, 9.17) is 9.73 Å². The number of imidazole rings is 1. The molecule has 0 unspecified atom stereocenters. The number of anilines is 1. The van der Waals surface area contributed by atoms with Crippen LogP contribution in [0.5, 0.6) is 0 Å². The van der Waals surface area contributed by atoms with E-state index in [0.29, 0.717) is 13.2 Å². The molecule has 0 spiro atoms. The fourth-order valence-electron chi connectivity index (χ4n) is 3.46. The monoisotopic (exact) mass is 422 g/mol. The van der Waals surface area contributed by atoms with E-state index in [0.717, 1.165) is 55.6 Å². The van der Waals surface area contributed by atoms with E-state index in [9.17, 15) is 0 Å². The van der Waals surface area contributed by atoms with Crippen molar-refractivity contribution in [2.75, 3.05) is 38.7 Å². The number of nitrogens with one attached hydrogen (secondary N) is 3. The third-order valence-corrected chi connectivity index (χ3v) is 5.05. The molecule has 0 saturated carbocycles. The van der Waals surface area contributed by atoms with Gasteiger partial charge in [-0.3, -0.25) is 0 Å². The molecule has 0 amide bonds. The second-order valence-electron chi connectivity index (χ2n) is 7.39. The highest BCUT2D eigenvalue weighted by atomic mass is 16.5. The van der Waals surface area contributed by atoms with Crippen molar-refractivity contribution >= 4 is 22.7 Å². The van der Waals surface area contributed by atoms with Gasteiger partial charge in [-0.05, 0) is 50.1 Å². The molecule has 0 bridgehead atoms. The number of aliphatic imine (C=N–C) groups is 1. The maximum absolute atomic E-state index is 5.06. The number of hydrogen-bond donors (Lipinski definition) is 3. The van der Waals surface area contributed by atoms with Gasteiger partial charge in [0.1, 0.15) is 5.82 Å². The summed E-state index contributed by atoms with van der Waals surface area (Å²) in [6, 6.07) is 16.7. The summed E-state index contributed by atoms with van der Waals surface area (Å²) in [6.07, 6.45) is 0.994. The van der Waals surface area contributed by atoms with Gasteiger partial charge in [0.05, 0.1) is 24.2 Å². The molecule has 3 rings (SSSR count). The van der Waals surface area contributed by atoms with Crippen molar-refractivity contribution in [1.29, 1.82) is 0 Å². The van der Waals surface area contributed by atoms with Crippen LogP contribution in [-0.2, 0) is 17.8 Å². The lowest BCUT2D eigenvalue weighted by Gasteiger charge is -2.12. The van der Waals surface area contributed by atoms with Crippen LogP contribution in [0.4, 0.5) is 5.69 Å². The number of para-hydroxylation sites is 2. The fraction of sp³-hybridized carbons (Fsp3) is 0.417. The van der Waals surface area contributed by atoms with E-state index in [1.165, 1.54) is 11.1 Å². The lowest BCUT2D eigenvalue weighted by Crippen LogP contribution is -2.38. The normalized spacial score (nSPS) is 11.6. The Kier molecular flexibility index (Phi) is 8.72. The Labute approximate surface area is 184 Å². The molecule has 0 saturated heterocycles. The minimum absolute atomic E-state index is 0.638. The molecule has 1 heterocycles. The summed E-state index contributed by atoms with van der Waals surface area (Å²) in [5.74, 6) is 1.90. The van der Waals surface area contributed by atoms with Gasteiger partial charge < -0.3 is 25.3 Å². The van der Waals surface area contributed by atoms with Crippen LogP contribution in [0.1, 0.15) is 24.7 Å². The van der Waals surface area contributed by atoms with Gasteiger partial charge in [0.25, 0.3) is 0 Å². The molecule has 7 heteroatoms. The van der Waals surface area contributed by atoms with Crippen molar-refractivity contribution in [1.82, 2.24) is 20.2 Å². The first-order valence-corrected chi connectivity index (χ1v) is 11.0. The maximum atomic E-state index is 5.06. The first-order chi connectivity index (χ1) is 15.2. The van der Waals surface area contributed by atoms with E-state index in [2.05, 4.69) is 81.8 Å². The average Bonchev–Trinajstić information content (AvgIpc) is 3.11. The number of hydrogen-bond acceptors (Lipinski definition) is 4. The maximum Gasteiger partial charge on any atom is 0.191 e. The molecule has 166 valence electrons. The Bertz CT molecular complexity index is 964. The number of benzene rings is 2. The summed E-state index contributed by atoms with van der Waals surface area (Å²) in [4.78, 5) is 9.37. The molecule has 2 aromatic carbocycles. The number of nitrogens with zero attached hydrogens (tertiary/aromatic N) is 3. The summed E-state index contributed by atoms with van der Waals surface area (Å²) in [7, 11) is 1.71. The van der Waals surface area contributed by atoms with Gasteiger partial charge in [-0.1, -0.05) is 24.3 Å². The van der Waals surface area contributed by atoms with E-state index in [1.807, 2.05) is 6.07 Å². The zero-order valence-corrected chi connectivity index (χ0v) is 18.8. The van der Waals surface area contributed by atoms with Gasteiger partial charge in [-0.2, -0.15) is 0 Å². The second-order valence-corrected chi connectivity index (χ2v) is 7.39. The van der Waals surface area contributed by atoms with Crippen molar-refractivity contribution in [3.8, 4) is 0 Å². The van der Waals surface area contributed by atoms with Crippen molar-refractivity contribution in [2.45, 2.75) is 33.4 Å². The lowest BCUT2D eigenvalue weighted by molar-refractivity contribution is 0.211. The number of rotatable bonds is 11. The van der Waals surface area contributed by atoms with Crippen LogP contribution in [0.15, 0.2) is 53.5 Å². The molecule has 0 aliphatic carbocycles. The number of aryl methyl sites for hydroxylation is 2. The molecule has 0 fully saturated rings. The topological polar surface area (TPSA) is 75.5 Å². The van der Waals surface area contributed by atoms with Crippen LogP contribution < -0.4 is 16.0 Å². The van der Waals surface area contributed by atoms with Crippen LogP contribution in [0.25, 0.3) is 11.0 Å². The second kappa shape index (κ2) is 12.0. The minimum Gasteiger partial charge on any atom is -0.383 e. The van der Waals surface area contributed by atoms with E-state index in [-0.39, 0.29) is 0 Å². The number of fused-ring (bicyclic) bond motifs is 1. The van der Waals surface area contributed by atoms with Crippen molar-refractivity contribution in [3.63, 3.8) is 0 Å². The summed E-state index contributed by atoms with van der Waals surface area (Å²) in [5.41, 5.74) is 4.52. The van der Waals surface area contributed by atoms with Gasteiger partial charge in [-0.25, -0.2) is 9.98 Å². The van der Waals surface area contributed by atoms with Crippen molar-refractivity contribution in [3.05, 3.63) is 59.9 Å². The zero-order valence-electron chi connectivity index (χ0n) is 18.8. The first kappa shape index (κ1) is 22.6. The first-order valence-electron chi connectivity index (χ1n) is 11.0. The standard InChI is InChI=1S/C24H34N6O/c1-4-25-24(28-18-20-10-12-21(13-11-20)26-15-17-31-3)27-14-7-16-30-19(2)29-22-8-5-6-9-23(22)30/h5-6,8-13,26H,4,7,14-18H2,1-3H3,(H2,25,27,28). The van der Waals surface area contributed by atoms with Gasteiger partial charge in [0.15, 0.2) is 5.96 Å². The molecule has 3 aromatic rings. The fourth-order valence-corrected chi connectivity index (χ4v) is 3.46. The average molecular weight is 423 g/mol. The van der Waals surface area contributed by atoms with E-state index >= 15 is 0 Å². The van der Waals surface area contributed by atoms with E-state index in [1.54, 1.807) is 7.11 Å². The largest absolute Gasteiger partial charge is 0.383 e. The summed E-state index contributed by atoms with van der Waals surface area (Å²) in [5, 5.41) is 10.1. The highest BCUT2D eigenvalue weighted by Gasteiger charge is 2.06. The Balaban J connectivity index is 1.48. The minimum atomic E-state index is 0.638. The third-order valence-electron chi connectivity index (χ3n) is 5.05. The van der Waals surface area contributed by atoms with Gasteiger partial charge >= 0.3 is 0 Å². The Morgan fingerprint density at radius 3 is 2.65 bits per heavy atom. The third kappa shape index (κ3) is 6.72. The molecule has 0 radical (unpaired) electrons. The SMILES string of the molecule is CCNC(=NCc1ccc(NCCOC)cc1)NCCCn1c(C)nc2ccccc21. The molecule has 0 aliphatic heterocycles. The van der Waals surface area contributed by atoms with Crippen molar-refractivity contribution in [2.24, 2.45) is 4.99 Å². The Morgan fingerprint density at radius 2 is 1.87 bits per heavy atom. The summed E-state index contributed by atoms with van der Waals surface area (Å²) in [6.45, 7) is 8.89. The highest BCUT2D eigenvalue weighted by molar-refractivity contribution is 5.79. The molecular formula is C24H34N6O. The Hall–Kier alpha value is -3.06. The summed E-state index contributed by atoms with van der Waals surface area (Å²) >= 11 is 0. The van der Waals surface area contributed by atoms with E-state index < -0.39 is 0 Å². The van der Waals surface area contributed by atoms with Crippen LogP contribution in [0.2, 0.25) is 0 Å². The molecular weight excluding hydrogens is 388 g/mol. The highest BCUT2D eigenvalue weighted by Crippen LogP contribution is 2.15. The number of guanidine groups is 1. The summed E-state index contributed by atoms with van der Waals surface area (Å²) < 4.78 is 7.34. The number of methoxy groups -OCH3 is 1. The van der Waals surface area contributed by atoms with Crippen LogP contribution in [0, 0.1) is 6.92 Å². The van der Waals surface area contributed by atoms with Crippen molar-refractivity contribution < 1.29 is 4.74 Å². The Morgan fingerprint density at radius 1 is 1.06 bits per heavy atom. The van der Waals surface area contributed by atoms with Gasteiger partial charge in [0.2, 0.25) is 0 Å². The molecule has 0 aliphatic rings. The van der Waals surface area contributed by atoms with Crippen LogP contribution in [-0.4, -0.2) is 48.9 Å². The predicted molar refractivity (Wildman–Crippen MR) is 129 cm³/mol. The number of ether oxygens (including phenoxy) is 1. The lowest BCUT2D eigenvalue weighted by atomic mass is 10.2. The van der Waals surface area contributed by atoms with Gasteiger partial charge in [0, 0.05) is 39.0 Å².